The van der Waals surface area contributed by atoms with E-state index in [2.05, 4.69) is 0 Å². The molecule has 28 heavy (non-hydrogen) atoms. The third-order valence-corrected chi connectivity index (χ3v) is 6.12. The van der Waals surface area contributed by atoms with Crippen LogP contribution in [0.4, 0.5) is 0 Å². The first-order chi connectivity index (χ1) is 12.9. The van der Waals surface area contributed by atoms with Gasteiger partial charge in [-0.05, 0) is 27.7 Å². The second-order valence-electron chi connectivity index (χ2n) is 7.52. The SMILES string of the molecule is COC1(C)OCC(C(O)C(O)C2COC(C)(OC)C(C)(OC)O2)OC1(C)OC. The second kappa shape index (κ2) is 8.38. The minimum atomic E-state index is -1.35. The van der Waals surface area contributed by atoms with Crippen molar-refractivity contribution in [1.29, 1.82) is 0 Å². The highest BCUT2D eigenvalue weighted by molar-refractivity contribution is 4.95. The summed E-state index contributed by atoms with van der Waals surface area (Å²) in [6, 6.07) is 0. The van der Waals surface area contributed by atoms with E-state index in [4.69, 9.17) is 37.9 Å². The fraction of sp³-hybridized carbons (Fsp3) is 1.00. The van der Waals surface area contributed by atoms with Crippen LogP contribution in [0.3, 0.4) is 0 Å². The van der Waals surface area contributed by atoms with Gasteiger partial charge in [0.25, 0.3) is 0 Å². The third kappa shape index (κ3) is 3.83. The predicted molar refractivity (Wildman–Crippen MR) is 95.3 cm³/mol. The maximum atomic E-state index is 10.7. The van der Waals surface area contributed by atoms with Gasteiger partial charge in [-0.15, -0.1) is 0 Å². The minimum absolute atomic E-state index is 0.0214. The van der Waals surface area contributed by atoms with Gasteiger partial charge >= 0.3 is 0 Å². The molecule has 10 heteroatoms. The van der Waals surface area contributed by atoms with Gasteiger partial charge in [-0.3, -0.25) is 0 Å². The lowest BCUT2D eigenvalue weighted by molar-refractivity contribution is -0.449. The van der Waals surface area contributed by atoms with Gasteiger partial charge in [0.1, 0.15) is 24.4 Å². The van der Waals surface area contributed by atoms with Crippen LogP contribution in [0.15, 0.2) is 0 Å². The Bertz CT molecular complexity index is 488. The zero-order valence-electron chi connectivity index (χ0n) is 17.9. The molecule has 2 N–H and O–H groups in total. The molecule has 8 unspecified atom stereocenters. The summed E-state index contributed by atoms with van der Waals surface area (Å²) in [4.78, 5) is 0. The molecule has 166 valence electrons. The third-order valence-electron chi connectivity index (χ3n) is 6.12. The van der Waals surface area contributed by atoms with Gasteiger partial charge in [-0.1, -0.05) is 0 Å². The van der Waals surface area contributed by atoms with Crippen LogP contribution >= 0.6 is 0 Å². The average molecular weight is 410 g/mol. The lowest BCUT2D eigenvalue weighted by Crippen LogP contribution is -2.68. The summed E-state index contributed by atoms with van der Waals surface area (Å²) in [6.07, 6.45) is -4.48. The predicted octanol–water partition coefficient (Wildman–Crippen LogP) is -0.0106. The highest BCUT2D eigenvalue weighted by atomic mass is 16.8. The number of hydrogen-bond donors (Lipinski definition) is 2. The largest absolute Gasteiger partial charge is 0.387 e. The molecule has 0 spiro atoms. The Hall–Kier alpha value is -0.400. The summed E-state index contributed by atoms with van der Waals surface area (Å²) in [6.45, 7) is 6.56. The summed E-state index contributed by atoms with van der Waals surface area (Å²) in [7, 11) is 5.83. The van der Waals surface area contributed by atoms with E-state index in [1.807, 2.05) is 0 Å². The monoisotopic (exact) mass is 410 g/mol. The van der Waals surface area contributed by atoms with Crippen LogP contribution in [0.2, 0.25) is 0 Å². The lowest BCUT2D eigenvalue weighted by Gasteiger charge is -2.52. The van der Waals surface area contributed by atoms with E-state index >= 15 is 0 Å². The fourth-order valence-electron chi connectivity index (χ4n) is 3.34. The average Bonchev–Trinajstić information content (AvgIpc) is 2.70. The molecule has 0 saturated carbocycles. The highest BCUT2D eigenvalue weighted by Gasteiger charge is 2.58. The van der Waals surface area contributed by atoms with E-state index in [-0.39, 0.29) is 13.2 Å². The van der Waals surface area contributed by atoms with Gasteiger partial charge in [-0.25, -0.2) is 0 Å². The quantitative estimate of drug-likeness (QED) is 0.594. The van der Waals surface area contributed by atoms with Crippen LogP contribution in [0.5, 0.6) is 0 Å². The van der Waals surface area contributed by atoms with E-state index in [1.54, 1.807) is 27.7 Å². The molecule has 0 amide bonds. The molecule has 2 rings (SSSR count). The normalized spacial score (nSPS) is 46.9. The van der Waals surface area contributed by atoms with Crippen molar-refractivity contribution >= 4 is 0 Å². The molecular formula is C18H34O10. The molecule has 8 atom stereocenters. The molecule has 2 fully saturated rings. The standard InChI is InChI=1S/C18H34O10/c1-15(21-5)17(3,23-7)27-11(9-25-15)13(19)14(20)12-10-26-16(2,22-6)18(4,24-8)28-12/h11-14,19-20H,9-10H2,1-8H3. The molecule has 0 bridgehead atoms. The zero-order valence-corrected chi connectivity index (χ0v) is 17.9. The van der Waals surface area contributed by atoms with Crippen molar-refractivity contribution in [3.63, 3.8) is 0 Å². The molecule has 2 aliphatic rings. The van der Waals surface area contributed by atoms with E-state index in [0.717, 1.165) is 0 Å². The Morgan fingerprint density at radius 1 is 0.643 bits per heavy atom. The van der Waals surface area contributed by atoms with Crippen LogP contribution in [0.25, 0.3) is 0 Å². The first-order valence-electron chi connectivity index (χ1n) is 9.15. The number of aliphatic hydroxyl groups excluding tert-OH is 2. The zero-order chi connectivity index (χ0) is 21.4. The Morgan fingerprint density at radius 3 is 1.18 bits per heavy atom. The second-order valence-corrected chi connectivity index (χ2v) is 7.52. The van der Waals surface area contributed by atoms with Crippen LogP contribution in [0, 0.1) is 0 Å². The molecule has 10 nitrogen and oxygen atoms in total. The van der Waals surface area contributed by atoms with E-state index in [1.165, 1.54) is 28.4 Å². The summed E-state index contributed by atoms with van der Waals surface area (Å²) in [5.74, 6) is -4.96. The van der Waals surface area contributed by atoms with Gasteiger partial charge in [0.15, 0.2) is 0 Å². The van der Waals surface area contributed by atoms with Crippen LogP contribution in [0.1, 0.15) is 27.7 Å². The van der Waals surface area contributed by atoms with Gasteiger partial charge in [-0.2, -0.15) is 0 Å². The molecule has 0 aromatic rings. The van der Waals surface area contributed by atoms with E-state index in [0.29, 0.717) is 0 Å². The van der Waals surface area contributed by atoms with Crippen LogP contribution in [-0.4, -0.2) is 99.4 Å². The van der Waals surface area contributed by atoms with Crippen molar-refractivity contribution in [3.8, 4) is 0 Å². The molecule has 0 aliphatic carbocycles. The fourth-order valence-corrected chi connectivity index (χ4v) is 3.34. The molecular weight excluding hydrogens is 376 g/mol. The minimum Gasteiger partial charge on any atom is -0.387 e. The summed E-state index contributed by atoms with van der Waals surface area (Å²) in [5, 5.41) is 21.5. The number of methoxy groups -OCH3 is 4. The topological polar surface area (TPSA) is 114 Å². The summed E-state index contributed by atoms with van der Waals surface area (Å²) >= 11 is 0. The van der Waals surface area contributed by atoms with Crippen molar-refractivity contribution in [1.82, 2.24) is 0 Å². The van der Waals surface area contributed by atoms with E-state index < -0.39 is 47.6 Å². The van der Waals surface area contributed by atoms with E-state index in [9.17, 15) is 10.2 Å². The number of aliphatic hydroxyl groups is 2. The summed E-state index contributed by atoms with van der Waals surface area (Å²) < 4.78 is 44.9. The highest BCUT2D eigenvalue weighted by Crippen LogP contribution is 2.40. The molecule has 0 aromatic carbocycles. The van der Waals surface area contributed by atoms with Crippen molar-refractivity contribution in [3.05, 3.63) is 0 Å². The molecule has 2 saturated heterocycles. The molecule has 2 aliphatic heterocycles. The maximum Gasteiger partial charge on any atom is 0.220 e. The Kier molecular flexibility index (Phi) is 7.15. The van der Waals surface area contributed by atoms with Gasteiger partial charge in [0, 0.05) is 28.4 Å². The molecule has 2 heterocycles. The lowest BCUT2D eigenvalue weighted by atomic mass is 9.98. The smallest absolute Gasteiger partial charge is 0.220 e. The van der Waals surface area contributed by atoms with Crippen molar-refractivity contribution in [2.45, 2.75) is 75.3 Å². The first-order valence-corrected chi connectivity index (χ1v) is 9.15. The van der Waals surface area contributed by atoms with Gasteiger partial charge < -0.3 is 48.1 Å². The van der Waals surface area contributed by atoms with Gasteiger partial charge in [0.2, 0.25) is 23.1 Å². The number of rotatable bonds is 7. The van der Waals surface area contributed by atoms with Crippen LogP contribution in [-0.2, 0) is 37.9 Å². The maximum absolute atomic E-state index is 10.7. The Morgan fingerprint density at radius 2 is 0.929 bits per heavy atom. The molecule has 0 radical (unpaired) electrons. The number of ether oxygens (including phenoxy) is 8. The molecule has 0 aromatic heterocycles. The van der Waals surface area contributed by atoms with Crippen LogP contribution < -0.4 is 0 Å². The Labute approximate surface area is 165 Å². The van der Waals surface area contributed by atoms with Crippen molar-refractivity contribution < 1.29 is 48.1 Å². The van der Waals surface area contributed by atoms with Gasteiger partial charge in [0.05, 0.1) is 13.2 Å². The van der Waals surface area contributed by atoms with Crippen molar-refractivity contribution in [2.24, 2.45) is 0 Å². The Balaban J connectivity index is 2.12. The van der Waals surface area contributed by atoms with Crippen molar-refractivity contribution in [2.75, 3.05) is 41.7 Å². The first kappa shape index (κ1) is 23.9. The number of hydrogen-bond acceptors (Lipinski definition) is 10. The summed E-state index contributed by atoms with van der Waals surface area (Å²) in [5.41, 5.74) is 0.